The molecular weight excluding hydrogens is 312 g/mol. The lowest BCUT2D eigenvalue weighted by Gasteiger charge is -2.21. The van der Waals surface area contributed by atoms with Gasteiger partial charge in [0, 0.05) is 23.5 Å². The third kappa shape index (κ3) is 4.14. The number of phenolic OH excluding ortho intramolecular Hbond substituents is 2. The van der Waals surface area contributed by atoms with E-state index in [-0.39, 0.29) is 23.6 Å². The van der Waals surface area contributed by atoms with Crippen molar-refractivity contribution in [3.05, 3.63) is 23.8 Å². The van der Waals surface area contributed by atoms with Crippen molar-refractivity contribution in [2.75, 3.05) is 18.4 Å². The molecule has 100 valence electrons. The van der Waals surface area contributed by atoms with E-state index in [1.54, 1.807) is 0 Å². The fourth-order valence-corrected chi connectivity index (χ4v) is 1.87. The Hall–Kier alpha value is -1.37. The Morgan fingerprint density at radius 2 is 1.83 bits per heavy atom. The van der Waals surface area contributed by atoms with E-state index >= 15 is 0 Å². The molecule has 0 spiro atoms. The molecule has 0 saturated heterocycles. The number of rotatable bonds is 5. The molecule has 0 aliphatic rings. The molecule has 1 aromatic rings. The number of aromatic hydroxyl groups is 2. The molecule has 4 nitrogen and oxygen atoms in total. The third-order valence-corrected chi connectivity index (χ3v) is 2.50. The molecule has 0 unspecified atom stereocenters. The lowest BCUT2D eigenvalue weighted by molar-refractivity contribution is 0.0572. The number of hydrogen-bond donors (Lipinski definition) is 2. The number of nitrogens with zero attached hydrogens (tertiary/aromatic N) is 1. The van der Waals surface area contributed by atoms with E-state index in [9.17, 15) is 23.8 Å². The summed E-state index contributed by atoms with van der Waals surface area (Å²) in [5.41, 5.74) is -0.0332. The number of hydrogen-bond acceptors (Lipinski definition) is 3. The average molecular weight is 324 g/mol. The van der Waals surface area contributed by atoms with Crippen LogP contribution in [0.25, 0.3) is 0 Å². The van der Waals surface area contributed by atoms with Crippen LogP contribution in [0.3, 0.4) is 0 Å². The normalized spacial score (nSPS) is 10.7. The SMILES string of the molecule is O=C(c1cc(O)cc(O)c1)N(CCBr)CC(F)F. The number of alkyl halides is 3. The van der Waals surface area contributed by atoms with Crippen LogP contribution in [0.4, 0.5) is 8.78 Å². The molecule has 0 aliphatic heterocycles. The fourth-order valence-electron chi connectivity index (χ4n) is 1.45. The Balaban J connectivity index is 2.93. The van der Waals surface area contributed by atoms with E-state index in [1.165, 1.54) is 0 Å². The molecular formula is C11H12BrF2NO3. The molecule has 1 rings (SSSR count). The maximum Gasteiger partial charge on any atom is 0.255 e. The molecule has 0 heterocycles. The summed E-state index contributed by atoms with van der Waals surface area (Å²) < 4.78 is 24.7. The standard InChI is InChI=1S/C11H12BrF2NO3/c12-1-2-15(6-10(13)14)11(18)7-3-8(16)5-9(17)4-7/h3-5,10,16-17H,1-2,6H2. The molecule has 0 aliphatic carbocycles. The highest BCUT2D eigenvalue weighted by atomic mass is 79.9. The molecule has 7 heteroatoms. The topological polar surface area (TPSA) is 60.8 Å². The zero-order valence-corrected chi connectivity index (χ0v) is 10.9. The molecule has 1 aromatic carbocycles. The van der Waals surface area contributed by atoms with Crippen molar-refractivity contribution in [3.8, 4) is 11.5 Å². The number of amides is 1. The van der Waals surface area contributed by atoms with Crippen molar-refractivity contribution >= 4 is 21.8 Å². The highest BCUT2D eigenvalue weighted by molar-refractivity contribution is 9.09. The van der Waals surface area contributed by atoms with Gasteiger partial charge in [0.15, 0.2) is 0 Å². The summed E-state index contributed by atoms with van der Waals surface area (Å²) in [4.78, 5) is 12.9. The van der Waals surface area contributed by atoms with Crippen LogP contribution in [0.1, 0.15) is 10.4 Å². The first-order chi connectivity index (χ1) is 8.43. The molecule has 1 amide bonds. The number of carbonyl (C=O) groups excluding carboxylic acids is 1. The van der Waals surface area contributed by atoms with Crippen LogP contribution in [0.15, 0.2) is 18.2 Å². The van der Waals surface area contributed by atoms with E-state index in [0.717, 1.165) is 23.1 Å². The molecule has 0 aromatic heterocycles. The minimum Gasteiger partial charge on any atom is -0.508 e. The number of phenols is 2. The summed E-state index contributed by atoms with van der Waals surface area (Å²) in [6, 6.07) is 3.29. The Morgan fingerprint density at radius 3 is 2.28 bits per heavy atom. The van der Waals surface area contributed by atoms with Gasteiger partial charge in [-0.15, -0.1) is 0 Å². The minimum absolute atomic E-state index is 0.0332. The zero-order valence-electron chi connectivity index (χ0n) is 9.31. The van der Waals surface area contributed by atoms with Crippen molar-refractivity contribution in [1.29, 1.82) is 0 Å². The van der Waals surface area contributed by atoms with Gasteiger partial charge in [0.25, 0.3) is 12.3 Å². The van der Waals surface area contributed by atoms with Crippen LogP contribution in [-0.2, 0) is 0 Å². The Morgan fingerprint density at radius 1 is 1.28 bits per heavy atom. The maximum absolute atomic E-state index is 12.3. The second-order valence-corrected chi connectivity index (χ2v) is 4.36. The van der Waals surface area contributed by atoms with E-state index in [4.69, 9.17) is 0 Å². The van der Waals surface area contributed by atoms with Gasteiger partial charge in [-0.2, -0.15) is 0 Å². The summed E-state index contributed by atoms with van der Waals surface area (Å²) in [7, 11) is 0. The summed E-state index contributed by atoms with van der Waals surface area (Å²) in [6.45, 7) is -0.583. The van der Waals surface area contributed by atoms with Crippen LogP contribution in [-0.4, -0.2) is 45.9 Å². The zero-order chi connectivity index (χ0) is 13.7. The molecule has 0 bridgehead atoms. The van der Waals surface area contributed by atoms with Crippen molar-refractivity contribution in [2.45, 2.75) is 6.43 Å². The first kappa shape index (κ1) is 14.7. The first-order valence-corrected chi connectivity index (χ1v) is 6.22. The van der Waals surface area contributed by atoms with Crippen LogP contribution < -0.4 is 0 Å². The van der Waals surface area contributed by atoms with Crippen molar-refractivity contribution in [3.63, 3.8) is 0 Å². The van der Waals surface area contributed by atoms with Gasteiger partial charge >= 0.3 is 0 Å². The summed E-state index contributed by atoms with van der Waals surface area (Å²) in [5, 5.41) is 18.9. The Kier molecular flexibility index (Phi) is 5.33. The molecule has 18 heavy (non-hydrogen) atoms. The first-order valence-electron chi connectivity index (χ1n) is 5.10. The van der Waals surface area contributed by atoms with Crippen LogP contribution in [0, 0.1) is 0 Å². The molecule has 0 saturated carbocycles. The van der Waals surface area contributed by atoms with Crippen LogP contribution in [0.5, 0.6) is 11.5 Å². The quantitative estimate of drug-likeness (QED) is 0.817. The largest absolute Gasteiger partial charge is 0.508 e. The lowest BCUT2D eigenvalue weighted by atomic mass is 10.1. The van der Waals surface area contributed by atoms with E-state index in [0.29, 0.717) is 5.33 Å². The van der Waals surface area contributed by atoms with Gasteiger partial charge in [-0.25, -0.2) is 8.78 Å². The van der Waals surface area contributed by atoms with Gasteiger partial charge in [0.1, 0.15) is 11.5 Å². The van der Waals surface area contributed by atoms with Crippen LogP contribution in [0.2, 0.25) is 0 Å². The summed E-state index contributed by atoms with van der Waals surface area (Å²) in [6.07, 6.45) is -2.64. The molecule has 2 N–H and O–H groups in total. The summed E-state index contributed by atoms with van der Waals surface area (Å²) >= 11 is 3.07. The van der Waals surface area contributed by atoms with E-state index in [1.807, 2.05) is 0 Å². The average Bonchev–Trinajstić information content (AvgIpc) is 2.25. The Bertz CT molecular complexity index is 408. The van der Waals surface area contributed by atoms with Gasteiger partial charge < -0.3 is 15.1 Å². The lowest BCUT2D eigenvalue weighted by Crippen LogP contribution is -2.36. The van der Waals surface area contributed by atoms with E-state index < -0.39 is 18.9 Å². The minimum atomic E-state index is -2.64. The number of halogens is 3. The van der Waals surface area contributed by atoms with Gasteiger partial charge in [-0.1, -0.05) is 15.9 Å². The maximum atomic E-state index is 12.3. The predicted octanol–water partition coefficient (Wildman–Crippen LogP) is 2.20. The van der Waals surface area contributed by atoms with E-state index in [2.05, 4.69) is 15.9 Å². The highest BCUT2D eigenvalue weighted by Crippen LogP contribution is 2.21. The van der Waals surface area contributed by atoms with Crippen molar-refractivity contribution in [2.24, 2.45) is 0 Å². The van der Waals surface area contributed by atoms with Crippen LogP contribution >= 0.6 is 15.9 Å². The second kappa shape index (κ2) is 6.53. The number of carbonyl (C=O) groups is 1. The van der Waals surface area contributed by atoms with Crippen molar-refractivity contribution in [1.82, 2.24) is 4.90 Å². The second-order valence-electron chi connectivity index (χ2n) is 3.57. The highest BCUT2D eigenvalue weighted by Gasteiger charge is 2.20. The van der Waals surface area contributed by atoms with Gasteiger partial charge in [-0.05, 0) is 12.1 Å². The fraction of sp³-hybridized carbons (Fsp3) is 0.364. The monoisotopic (exact) mass is 323 g/mol. The smallest absolute Gasteiger partial charge is 0.255 e. The molecule has 0 atom stereocenters. The van der Waals surface area contributed by atoms with Gasteiger partial charge in [-0.3, -0.25) is 4.79 Å². The third-order valence-electron chi connectivity index (χ3n) is 2.15. The molecule has 0 radical (unpaired) electrons. The van der Waals surface area contributed by atoms with Gasteiger partial charge in [0.2, 0.25) is 0 Å². The molecule has 0 fully saturated rings. The predicted molar refractivity (Wildman–Crippen MR) is 65.5 cm³/mol. The Labute approximate surface area is 111 Å². The van der Waals surface area contributed by atoms with Gasteiger partial charge in [0.05, 0.1) is 6.54 Å². The summed E-state index contributed by atoms with van der Waals surface area (Å²) in [5.74, 6) is -1.26. The van der Waals surface area contributed by atoms with Crippen molar-refractivity contribution < 1.29 is 23.8 Å². The number of benzene rings is 1.